The van der Waals surface area contributed by atoms with Gasteiger partial charge in [0.1, 0.15) is 0 Å². The van der Waals surface area contributed by atoms with Crippen LogP contribution in [0.3, 0.4) is 0 Å². The lowest BCUT2D eigenvalue weighted by Gasteiger charge is -2.26. The Hall–Kier alpha value is -0.870. The molecule has 0 aromatic carbocycles. The number of amides is 1. The standard InChI is InChI=1S/C17H26N2OS/c20-17(18-9-12-19-10-5-2-6-11-19)16-13-14-7-3-1-4-8-15(14)21-16/h13H,1-12H2,(H,18,20). The van der Waals surface area contributed by atoms with Crippen LogP contribution in [-0.4, -0.2) is 37.0 Å². The Balaban J connectivity index is 1.48. The van der Waals surface area contributed by atoms with Crippen LogP contribution in [0.5, 0.6) is 0 Å². The van der Waals surface area contributed by atoms with Gasteiger partial charge in [0.15, 0.2) is 0 Å². The highest BCUT2D eigenvalue weighted by Gasteiger charge is 2.16. The lowest BCUT2D eigenvalue weighted by molar-refractivity contribution is 0.0950. The second kappa shape index (κ2) is 7.41. The van der Waals surface area contributed by atoms with Crippen LogP contribution in [-0.2, 0) is 12.8 Å². The first-order valence-electron chi connectivity index (χ1n) is 8.45. The molecule has 1 saturated heterocycles. The van der Waals surface area contributed by atoms with Gasteiger partial charge in [0.25, 0.3) is 5.91 Å². The maximum atomic E-state index is 12.3. The SMILES string of the molecule is O=C(NCCN1CCCCC1)c1cc2c(s1)CCCCC2. The molecule has 0 atom stereocenters. The third kappa shape index (κ3) is 4.07. The Morgan fingerprint density at radius 1 is 1.10 bits per heavy atom. The van der Waals surface area contributed by atoms with Crippen molar-refractivity contribution in [1.82, 2.24) is 10.2 Å². The number of carbonyl (C=O) groups excluding carboxylic acids is 1. The van der Waals surface area contributed by atoms with E-state index < -0.39 is 0 Å². The minimum atomic E-state index is 0.130. The first-order valence-corrected chi connectivity index (χ1v) is 9.27. The fraction of sp³-hybridized carbons (Fsp3) is 0.706. The van der Waals surface area contributed by atoms with E-state index in [0.717, 1.165) is 24.4 Å². The Bertz CT molecular complexity index is 454. The zero-order valence-electron chi connectivity index (χ0n) is 12.8. The second-order valence-corrected chi connectivity index (χ2v) is 7.41. The highest BCUT2D eigenvalue weighted by atomic mass is 32.1. The molecule has 116 valence electrons. The van der Waals surface area contributed by atoms with Gasteiger partial charge < -0.3 is 10.2 Å². The Morgan fingerprint density at radius 2 is 1.86 bits per heavy atom. The average Bonchev–Trinajstić information content (AvgIpc) is 2.79. The van der Waals surface area contributed by atoms with Crippen LogP contribution in [0.4, 0.5) is 0 Å². The van der Waals surface area contributed by atoms with E-state index in [9.17, 15) is 4.79 Å². The maximum absolute atomic E-state index is 12.3. The molecule has 1 aliphatic carbocycles. The van der Waals surface area contributed by atoms with Crippen molar-refractivity contribution in [2.24, 2.45) is 0 Å². The number of nitrogens with zero attached hydrogens (tertiary/aromatic N) is 1. The summed E-state index contributed by atoms with van der Waals surface area (Å²) >= 11 is 1.72. The van der Waals surface area contributed by atoms with Crippen molar-refractivity contribution >= 4 is 17.2 Å². The average molecular weight is 306 g/mol. The summed E-state index contributed by atoms with van der Waals surface area (Å²) in [5.74, 6) is 0.130. The van der Waals surface area contributed by atoms with E-state index in [1.165, 1.54) is 68.5 Å². The smallest absolute Gasteiger partial charge is 0.261 e. The van der Waals surface area contributed by atoms with Crippen molar-refractivity contribution in [3.8, 4) is 0 Å². The van der Waals surface area contributed by atoms with E-state index in [1.54, 1.807) is 11.3 Å². The van der Waals surface area contributed by atoms with Crippen LogP contribution < -0.4 is 5.32 Å². The molecule has 2 aliphatic rings. The lowest BCUT2D eigenvalue weighted by Crippen LogP contribution is -2.37. The maximum Gasteiger partial charge on any atom is 0.261 e. The molecule has 0 saturated carbocycles. The molecule has 0 radical (unpaired) electrons. The summed E-state index contributed by atoms with van der Waals surface area (Å²) in [7, 11) is 0. The molecule has 1 aromatic rings. The number of hydrogen-bond donors (Lipinski definition) is 1. The summed E-state index contributed by atoms with van der Waals surface area (Å²) in [6, 6.07) is 2.14. The van der Waals surface area contributed by atoms with Gasteiger partial charge in [-0.1, -0.05) is 12.8 Å². The van der Waals surface area contributed by atoms with Crippen molar-refractivity contribution in [2.45, 2.75) is 51.4 Å². The molecular formula is C17H26N2OS. The van der Waals surface area contributed by atoms with Crippen molar-refractivity contribution in [3.05, 3.63) is 21.4 Å². The molecule has 1 aromatic heterocycles. The molecule has 3 nitrogen and oxygen atoms in total. The van der Waals surface area contributed by atoms with Gasteiger partial charge in [-0.2, -0.15) is 0 Å². The molecule has 0 unspecified atom stereocenters. The topological polar surface area (TPSA) is 32.3 Å². The van der Waals surface area contributed by atoms with E-state index >= 15 is 0 Å². The van der Waals surface area contributed by atoms with Gasteiger partial charge in [0, 0.05) is 18.0 Å². The van der Waals surface area contributed by atoms with Crippen LogP contribution in [0.25, 0.3) is 0 Å². The Morgan fingerprint density at radius 3 is 2.71 bits per heavy atom. The van der Waals surface area contributed by atoms with E-state index in [2.05, 4.69) is 16.3 Å². The monoisotopic (exact) mass is 306 g/mol. The molecule has 3 rings (SSSR count). The summed E-state index contributed by atoms with van der Waals surface area (Å²) in [6.45, 7) is 4.17. The van der Waals surface area contributed by atoms with Crippen LogP contribution >= 0.6 is 11.3 Å². The number of rotatable bonds is 4. The van der Waals surface area contributed by atoms with Gasteiger partial charge >= 0.3 is 0 Å². The quantitative estimate of drug-likeness (QED) is 0.866. The van der Waals surface area contributed by atoms with Gasteiger partial charge in [-0.15, -0.1) is 11.3 Å². The third-order valence-corrected chi connectivity index (χ3v) is 5.87. The highest BCUT2D eigenvalue weighted by Crippen LogP contribution is 2.28. The van der Waals surface area contributed by atoms with E-state index in [1.807, 2.05) is 0 Å². The molecule has 1 aliphatic heterocycles. The van der Waals surface area contributed by atoms with Gasteiger partial charge in [-0.05, 0) is 63.2 Å². The number of carbonyl (C=O) groups is 1. The predicted molar refractivity (Wildman–Crippen MR) is 88.2 cm³/mol. The van der Waals surface area contributed by atoms with E-state index in [-0.39, 0.29) is 5.91 Å². The number of fused-ring (bicyclic) bond motifs is 1. The summed E-state index contributed by atoms with van der Waals surface area (Å²) in [5, 5.41) is 3.10. The van der Waals surface area contributed by atoms with Crippen molar-refractivity contribution in [2.75, 3.05) is 26.2 Å². The first kappa shape index (κ1) is 15.0. The lowest BCUT2D eigenvalue weighted by atomic mass is 10.1. The number of aryl methyl sites for hydroxylation is 2. The molecule has 21 heavy (non-hydrogen) atoms. The fourth-order valence-corrected chi connectivity index (χ4v) is 4.55. The summed E-state index contributed by atoms with van der Waals surface area (Å²) < 4.78 is 0. The zero-order valence-corrected chi connectivity index (χ0v) is 13.6. The molecule has 0 bridgehead atoms. The summed E-state index contributed by atoms with van der Waals surface area (Å²) in [5.41, 5.74) is 1.43. The number of thiophene rings is 1. The molecule has 4 heteroatoms. The fourth-order valence-electron chi connectivity index (χ4n) is 3.38. The van der Waals surface area contributed by atoms with Crippen molar-refractivity contribution < 1.29 is 4.79 Å². The molecule has 1 N–H and O–H groups in total. The van der Waals surface area contributed by atoms with Crippen LogP contribution in [0.1, 0.15) is 58.6 Å². The third-order valence-electron chi connectivity index (χ3n) is 4.63. The van der Waals surface area contributed by atoms with Gasteiger partial charge in [-0.25, -0.2) is 0 Å². The molecule has 0 spiro atoms. The van der Waals surface area contributed by atoms with Gasteiger partial charge in [-0.3, -0.25) is 4.79 Å². The largest absolute Gasteiger partial charge is 0.350 e. The van der Waals surface area contributed by atoms with Crippen molar-refractivity contribution in [3.63, 3.8) is 0 Å². The summed E-state index contributed by atoms with van der Waals surface area (Å²) in [6.07, 6.45) is 10.2. The zero-order chi connectivity index (χ0) is 14.5. The molecule has 2 heterocycles. The minimum Gasteiger partial charge on any atom is -0.350 e. The number of hydrogen-bond acceptors (Lipinski definition) is 3. The Kier molecular flexibility index (Phi) is 5.31. The molecule has 1 amide bonds. The summed E-state index contributed by atoms with van der Waals surface area (Å²) in [4.78, 5) is 17.1. The highest BCUT2D eigenvalue weighted by molar-refractivity contribution is 7.14. The second-order valence-electron chi connectivity index (χ2n) is 6.28. The van der Waals surface area contributed by atoms with E-state index in [0.29, 0.717) is 0 Å². The molecular weight excluding hydrogens is 280 g/mol. The van der Waals surface area contributed by atoms with Gasteiger partial charge in [0.05, 0.1) is 4.88 Å². The molecule has 1 fully saturated rings. The number of nitrogens with one attached hydrogen (secondary N) is 1. The minimum absolute atomic E-state index is 0.130. The van der Waals surface area contributed by atoms with Crippen LogP contribution in [0, 0.1) is 0 Å². The Labute approximate surface area is 131 Å². The first-order chi connectivity index (χ1) is 10.3. The van der Waals surface area contributed by atoms with Crippen molar-refractivity contribution in [1.29, 1.82) is 0 Å². The van der Waals surface area contributed by atoms with Gasteiger partial charge in [0.2, 0.25) is 0 Å². The van der Waals surface area contributed by atoms with E-state index in [4.69, 9.17) is 0 Å². The number of likely N-dealkylation sites (tertiary alicyclic amines) is 1. The van der Waals surface area contributed by atoms with Crippen LogP contribution in [0.2, 0.25) is 0 Å². The van der Waals surface area contributed by atoms with Crippen LogP contribution in [0.15, 0.2) is 6.07 Å². The normalized spacial score (nSPS) is 19.8. The predicted octanol–water partition coefficient (Wildman–Crippen LogP) is 3.23. The number of piperidine rings is 1.